The van der Waals surface area contributed by atoms with Gasteiger partial charge in [0.05, 0.1) is 12.7 Å². The molecule has 4 N–H and O–H groups in total. The number of nitrogens with zero attached hydrogens (tertiary/aromatic N) is 1. The summed E-state index contributed by atoms with van der Waals surface area (Å²) in [5.41, 5.74) is 5.48. The molecule has 1 aliphatic rings. The van der Waals surface area contributed by atoms with Gasteiger partial charge in [0.1, 0.15) is 5.84 Å². The summed E-state index contributed by atoms with van der Waals surface area (Å²) in [5.74, 6) is 0.279. The molecule has 0 heterocycles. The molecule has 100 valence electrons. The monoisotopic (exact) mass is 243 g/mol. The summed E-state index contributed by atoms with van der Waals surface area (Å²) in [4.78, 5) is 0. The van der Waals surface area contributed by atoms with E-state index in [0.717, 1.165) is 19.6 Å². The van der Waals surface area contributed by atoms with E-state index in [9.17, 15) is 0 Å². The van der Waals surface area contributed by atoms with Crippen molar-refractivity contribution in [1.29, 1.82) is 0 Å². The van der Waals surface area contributed by atoms with Crippen molar-refractivity contribution in [3.8, 4) is 0 Å². The van der Waals surface area contributed by atoms with Crippen LogP contribution in [-0.2, 0) is 4.74 Å². The maximum Gasteiger partial charge on any atom is 0.140 e. The Morgan fingerprint density at radius 2 is 2.24 bits per heavy atom. The molecule has 5 heteroatoms. The van der Waals surface area contributed by atoms with Crippen molar-refractivity contribution in [1.82, 2.24) is 5.32 Å². The molecular weight excluding hydrogens is 218 g/mol. The van der Waals surface area contributed by atoms with Gasteiger partial charge in [0.2, 0.25) is 0 Å². The molecule has 0 radical (unpaired) electrons. The average molecular weight is 243 g/mol. The van der Waals surface area contributed by atoms with Crippen molar-refractivity contribution < 1.29 is 9.94 Å². The molecule has 1 unspecified atom stereocenters. The predicted molar refractivity (Wildman–Crippen MR) is 68.3 cm³/mol. The van der Waals surface area contributed by atoms with Gasteiger partial charge in [-0.2, -0.15) is 0 Å². The predicted octanol–water partition coefficient (Wildman–Crippen LogP) is 1.45. The van der Waals surface area contributed by atoms with Crippen LogP contribution in [0.25, 0.3) is 0 Å². The highest BCUT2D eigenvalue weighted by molar-refractivity contribution is 5.80. The minimum atomic E-state index is 0.262. The number of hydrogen-bond acceptors (Lipinski definition) is 4. The molecule has 0 amide bonds. The maximum atomic E-state index is 8.50. The molecule has 17 heavy (non-hydrogen) atoms. The number of nitrogens with two attached hydrogens (primary N) is 1. The second kappa shape index (κ2) is 8.31. The standard InChI is InChI=1S/C12H25N3O2/c1-2-10(9-12(13)15-16)14-7-8-17-11-5-3-4-6-11/h10-11,14,16H,2-9H2,1H3,(H2,13,15). The van der Waals surface area contributed by atoms with Crippen molar-refractivity contribution >= 4 is 5.84 Å². The lowest BCUT2D eigenvalue weighted by Crippen LogP contribution is -2.35. The Hall–Kier alpha value is -0.810. The summed E-state index contributed by atoms with van der Waals surface area (Å²) in [6, 6.07) is 0.262. The number of nitrogens with one attached hydrogen (secondary N) is 1. The van der Waals surface area contributed by atoms with Gasteiger partial charge < -0.3 is 21.0 Å². The van der Waals surface area contributed by atoms with Crippen LogP contribution in [0.3, 0.4) is 0 Å². The zero-order valence-electron chi connectivity index (χ0n) is 10.7. The third-order valence-corrected chi connectivity index (χ3v) is 3.27. The fourth-order valence-electron chi connectivity index (χ4n) is 2.20. The molecule has 0 aromatic heterocycles. The van der Waals surface area contributed by atoms with Crippen molar-refractivity contribution in [2.24, 2.45) is 10.9 Å². The fourth-order valence-corrected chi connectivity index (χ4v) is 2.20. The highest BCUT2D eigenvalue weighted by Crippen LogP contribution is 2.20. The normalized spacial score (nSPS) is 19.7. The third kappa shape index (κ3) is 5.89. The first-order valence-electron chi connectivity index (χ1n) is 6.57. The number of ether oxygens (including phenoxy) is 1. The summed E-state index contributed by atoms with van der Waals surface area (Å²) in [5, 5.41) is 14.9. The van der Waals surface area contributed by atoms with Gasteiger partial charge in [-0.3, -0.25) is 0 Å². The zero-order chi connectivity index (χ0) is 12.5. The van der Waals surface area contributed by atoms with Crippen LogP contribution in [0.5, 0.6) is 0 Å². The van der Waals surface area contributed by atoms with Crippen LogP contribution in [0.1, 0.15) is 45.4 Å². The summed E-state index contributed by atoms with van der Waals surface area (Å²) in [7, 11) is 0. The molecule has 1 saturated carbocycles. The van der Waals surface area contributed by atoms with E-state index in [0.29, 0.717) is 12.5 Å². The fraction of sp³-hybridized carbons (Fsp3) is 0.917. The van der Waals surface area contributed by atoms with Crippen LogP contribution in [0.2, 0.25) is 0 Å². The van der Waals surface area contributed by atoms with E-state index in [1.807, 2.05) is 0 Å². The second-order valence-electron chi connectivity index (χ2n) is 4.63. The molecule has 1 aliphatic carbocycles. The Kier molecular flexibility index (Phi) is 6.96. The van der Waals surface area contributed by atoms with E-state index in [-0.39, 0.29) is 11.9 Å². The van der Waals surface area contributed by atoms with Gasteiger partial charge in [-0.1, -0.05) is 24.9 Å². The van der Waals surface area contributed by atoms with E-state index >= 15 is 0 Å². The summed E-state index contributed by atoms with van der Waals surface area (Å²) < 4.78 is 5.76. The zero-order valence-corrected chi connectivity index (χ0v) is 10.7. The molecule has 1 rings (SSSR count). The summed E-state index contributed by atoms with van der Waals surface area (Å²) in [6.45, 7) is 3.66. The van der Waals surface area contributed by atoms with Gasteiger partial charge in [0.25, 0.3) is 0 Å². The molecule has 1 atom stereocenters. The Bertz CT molecular complexity index is 228. The molecule has 0 aromatic carbocycles. The number of rotatable bonds is 8. The van der Waals surface area contributed by atoms with Crippen LogP contribution in [-0.4, -0.2) is 36.3 Å². The first-order valence-corrected chi connectivity index (χ1v) is 6.57. The van der Waals surface area contributed by atoms with Crippen LogP contribution in [0.4, 0.5) is 0 Å². The Balaban J connectivity index is 2.06. The van der Waals surface area contributed by atoms with Gasteiger partial charge in [0.15, 0.2) is 0 Å². The quantitative estimate of drug-likeness (QED) is 0.198. The highest BCUT2D eigenvalue weighted by atomic mass is 16.5. The number of amidine groups is 1. The topological polar surface area (TPSA) is 79.9 Å². The lowest BCUT2D eigenvalue weighted by atomic mass is 10.1. The van der Waals surface area contributed by atoms with Crippen molar-refractivity contribution in [3.05, 3.63) is 0 Å². The van der Waals surface area contributed by atoms with Gasteiger partial charge in [-0.05, 0) is 19.3 Å². The Labute approximate surface area is 103 Å². The summed E-state index contributed by atoms with van der Waals surface area (Å²) in [6.07, 6.45) is 7.04. The van der Waals surface area contributed by atoms with E-state index < -0.39 is 0 Å². The highest BCUT2D eigenvalue weighted by Gasteiger charge is 2.15. The number of hydrogen-bond donors (Lipinski definition) is 3. The first kappa shape index (κ1) is 14.3. The van der Waals surface area contributed by atoms with Gasteiger partial charge in [-0.25, -0.2) is 0 Å². The third-order valence-electron chi connectivity index (χ3n) is 3.27. The van der Waals surface area contributed by atoms with Crippen LogP contribution in [0.15, 0.2) is 5.16 Å². The van der Waals surface area contributed by atoms with E-state index in [2.05, 4.69) is 17.4 Å². The smallest absolute Gasteiger partial charge is 0.140 e. The van der Waals surface area contributed by atoms with Crippen molar-refractivity contribution in [2.45, 2.75) is 57.6 Å². The largest absolute Gasteiger partial charge is 0.409 e. The Morgan fingerprint density at radius 3 is 2.82 bits per heavy atom. The molecule has 0 saturated heterocycles. The molecule has 0 bridgehead atoms. The molecular formula is C12H25N3O2. The molecule has 0 spiro atoms. The van der Waals surface area contributed by atoms with E-state index in [1.54, 1.807) is 0 Å². The van der Waals surface area contributed by atoms with E-state index in [1.165, 1.54) is 25.7 Å². The van der Waals surface area contributed by atoms with Crippen LogP contribution < -0.4 is 11.1 Å². The van der Waals surface area contributed by atoms with Crippen LogP contribution >= 0.6 is 0 Å². The van der Waals surface area contributed by atoms with Crippen molar-refractivity contribution in [2.75, 3.05) is 13.2 Å². The summed E-state index contributed by atoms with van der Waals surface area (Å²) >= 11 is 0. The number of oxime groups is 1. The second-order valence-corrected chi connectivity index (χ2v) is 4.63. The van der Waals surface area contributed by atoms with Gasteiger partial charge >= 0.3 is 0 Å². The van der Waals surface area contributed by atoms with Crippen molar-refractivity contribution in [3.63, 3.8) is 0 Å². The average Bonchev–Trinajstić information content (AvgIpc) is 2.85. The molecule has 5 nitrogen and oxygen atoms in total. The SMILES string of the molecule is CCC(CC(N)=NO)NCCOC1CCCC1. The van der Waals surface area contributed by atoms with Crippen LogP contribution in [0, 0.1) is 0 Å². The molecule has 0 aliphatic heterocycles. The lowest BCUT2D eigenvalue weighted by Gasteiger charge is -2.17. The Morgan fingerprint density at radius 1 is 1.53 bits per heavy atom. The molecule has 1 fully saturated rings. The minimum absolute atomic E-state index is 0.262. The first-order chi connectivity index (χ1) is 8.26. The minimum Gasteiger partial charge on any atom is -0.409 e. The molecule has 0 aromatic rings. The van der Waals surface area contributed by atoms with E-state index in [4.69, 9.17) is 15.7 Å². The lowest BCUT2D eigenvalue weighted by molar-refractivity contribution is 0.0591. The van der Waals surface area contributed by atoms with Gasteiger partial charge in [0, 0.05) is 19.0 Å². The van der Waals surface area contributed by atoms with Gasteiger partial charge in [-0.15, -0.1) is 0 Å². The maximum absolute atomic E-state index is 8.50.